The van der Waals surface area contributed by atoms with Gasteiger partial charge < -0.3 is 10.4 Å². The summed E-state index contributed by atoms with van der Waals surface area (Å²) in [4.78, 5) is 21.8. The third-order valence-corrected chi connectivity index (χ3v) is 3.81. The largest absolute Gasteiger partial charge is 0.474 e. The molecule has 80 valence electrons. The van der Waals surface area contributed by atoms with Gasteiger partial charge in [-0.05, 0) is 44.0 Å². The zero-order valence-corrected chi connectivity index (χ0v) is 11.2. The van der Waals surface area contributed by atoms with E-state index >= 15 is 0 Å². The third-order valence-electron chi connectivity index (χ3n) is 1.47. The predicted molar refractivity (Wildman–Crippen MR) is 65.4 cm³/mol. The second-order valence-electron chi connectivity index (χ2n) is 2.55. The molecule has 0 saturated heterocycles. The van der Waals surface area contributed by atoms with E-state index in [0.29, 0.717) is 19.5 Å². The molecule has 7 heteroatoms. The van der Waals surface area contributed by atoms with Crippen molar-refractivity contribution in [1.82, 2.24) is 0 Å². The normalized spacial score (nSPS) is 9.80. The molecule has 0 heterocycles. The number of carboxylic acid groups (broad SMARTS) is 1. The first-order valence-electron chi connectivity index (χ1n) is 3.64. The van der Waals surface area contributed by atoms with E-state index in [1.165, 1.54) is 0 Å². The van der Waals surface area contributed by atoms with Crippen molar-refractivity contribution in [2.24, 2.45) is 0 Å². The molecule has 0 aliphatic rings. The minimum Gasteiger partial charge on any atom is -0.474 e. The van der Waals surface area contributed by atoms with Gasteiger partial charge in [0.1, 0.15) is 0 Å². The standard InChI is InChI=1S/C8H5Br2NO3S/c9-4-1-3(2-5(10)6(4)15)11-7(12)8(13)14/h1-2,15H,(H,11,12)(H,13,14). The topological polar surface area (TPSA) is 66.4 Å². The number of aliphatic carboxylic acids is 1. The molecule has 0 aliphatic carbocycles. The van der Waals surface area contributed by atoms with Gasteiger partial charge in [0.25, 0.3) is 0 Å². The molecular formula is C8H5Br2NO3S. The number of carbonyl (C=O) groups is 2. The molecule has 0 atom stereocenters. The molecule has 1 aromatic rings. The van der Waals surface area contributed by atoms with Crippen LogP contribution in [0.15, 0.2) is 26.0 Å². The molecule has 0 bridgehead atoms. The predicted octanol–water partition coefficient (Wildman–Crippen LogP) is 2.52. The summed E-state index contributed by atoms with van der Waals surface area (Å²) in [5.74, 6) is -2.61. The quantitative estimate of drug-likeness (QED) is 0.536. The SMILES string of the molecule is O=C(O)C(=O)Nc1cc(Br)c(S)c(Br)c1. The van der Waals surface area contributed by atoms with Crippen molar-refractivity contribution in [3.8, 4) is 0 Å². The maximum Gasteiger partial charge on any atom is 0.394 e. The monoisotopic (exact) mass is 353 g/mol. The van der Waals surface area contributed by atoms with Gasteiger partial charge in [-0.25, -0.2) is 4.79 Å². The molecule has 0 saturated carbocycles. The van der Waals surface area contributed by atoms with Gasteiger partial charge in [-0.1, -0.05) is 0 Å². The fourth-order valence-electron chi connectivity index (χ4n) is 0.822. The summed E-state index contributed by atoms with van der Waals surface area (Å²) in [6.07, 6.45) is 0. The van der Waals surface area contributed by atoms with E-state index in [-0.39, 0.29) is 0 Å². The average Bonchev–Trinajstić information content (AvgIpc) is 2.13. The Bertz CT molecular complexity index is 413. The van der Waals surface area contributed by atoms with Gasteiger partial charge in [-0.2, -0.15) is 0 Å². The number of hydrogen-bond donors (Lipinski definition) is 3. The van der Waals surface area contributed by atoms with Crippen molar-refractivity contribution in [3.63, 3.8) is 0 Å². The summed E-state index contributed by atoms with van der Waals surface area (Å²) in [6.45, 7) is 0. The van der Waals surface area contributed by atoms with Crippen LogP contribution in [0.1, 0.15) is 0 Å². The van der Waals surface area contributed by atoms with Crippen molar-refractivity contribution in [2.45, 2.75) is 4.90 Å². The lowest BCUT2D eigenvalue weighted by Crippen LogP contribution is -2.21. The van der Waals surface area contributed by atoms with E-state index in [4.69, 9.17) is 5.11 Å². The van der Waals surface area contributed by atoms with Crippen molar-refractivity contribution < 1.29 is 14.7 Å². The molecule has 0 aliphatic heterocycles. The van der Waals surface area contributed by atoms with Crippen LogP contribution in [-0.4, -0.2) is 17.0 Å². The number of anilines is 1. The molecule has 0 aromatic heterocycles. The number of hydrogen-bond acceptors (Lipinski definition) is 3. The van der Waals surface area contributed by atoms with Crippen LogP contribution in [0.3, 0.4) is 0 Å². The number of benzene rings is 1. The van der Waals surface area contributed by atoms with Crippen molar-refractivity contribution >= 4 is 62.1 Å². The van der Waals surface area contributed by atoms with Gasteiger partial charge in [0.15, 0.2) is 0 Å². The van der Waals surface area contributed by atoms with Gasteiger partial charge in [-0.3, -0.25) is 4.79 Å². The number of carboxylic acids is 1. The highest BCUT2D eigenvalue weighted by Gasteiger charge is 2.12. The lowest BCUT2D eigenvalue weighted by Gasteiger charge is -2.06. The van der Waals surface area contributed by atoms with Gasteiger partial charge in [0, 0.05) is 19.5 Å². The summed E-state index contributed by atoms with van der Waals surface area (Å²) >= 11 is 10.6. The highest BCUT2D eigenvalue weighted by Crippen LogP contribution is 2.32. The molecule has 0 unspecified atom stereocenters. The summed E-state index contributed by atoms with van der Waals surface area (Å²) in [6, 6.07) is 3.13. The number of amides is 1. The zero-order chi connectivity index (χ0) is 11.6. The van der Waals surface area contributed by atoms with Crippen LogP contribution in [0.2, 0.25) is 0 Å². The first kappa shape index (κ1) is 12.5. The first-order valence-corrected chi connectivity index (χ1v) is 5.67. The van der Waals surface area contributed by atoms with Crippen LogP contribution in [0.25, 0.3) is 0 Å². The molecule has 4 nitrogen and oxygen atoms in total. The van der Waals surface area contributed by atoms with Crippen LogP contribution < -0.4 is 5.32 Å². The Morgan fingerprint density at radius 1 is 1.27 bits per heavy atom. The molecule has 1 rings (SSSR count). The number of rotatable bonds is 1. The molecule has 1 aromatic carbocycles. The summed E-state index contributed by atoms with van der Waals surface area (Å²) in [5.41, 5.74) is 0.374. The van der Waals surface area contributed by atoms with Crippen molar-refractivity contribution in [3.05, 3.63) is 21.1 Å². The molecular weight excluding hydrogens is 350 g/mol. The van der Waals surface area contributed by atoms with Crippen LogP contribution in [0, 0.1) is 0 Å². The number of carbonyl (C=O) groups excluding carboxylic acids is 1. The molecule has 1 amide bonds. The van der Waals surface area contributed by atoms with Gasteiger partial charge in [-0.15, -0.1) is 12.6 Å². The Labute approximate surface area is 108 Å². The third kappa shape index (κ3) is 3.22. The Morgan fingerprint density at radius 2 is 1.73 bits per heavy atom. The van der Waals surface area contributed by atoms with Crippen molar-refractivity contribution in [1.29, 1.82) is 0 Å². The molecule has 0 radical (unpaired) electrons. The maximum absolute atomic E-state index is 10.9. The van der Waals surface area contributed by atoms with E-state index < -0.39 is 11.9 Å². The second kappa shape index (κ2) is 5.00. The Morgan fingerprint density at radius 3 is 2.13 bits per heavy atom. The summed E-state index contributed by atoms with van der Waals surface area (Å²) < 4.78 is 1.31. The minimum absolute atomic E-state index is 0.374. The number of halogens is 2. The Kier molecular flexibility index (Phi) is 4.18. The number of nitrogens with one attached hydrogen (secondary N) is 1. The lowest BCUT2D eigenvalue weighted by atomic mass is 10.3. The minimum atomic E-state index is -1.53. The van der Waals surface area contributed by atoms with E-state index in [1.54, 1.807) is 12.1 Å². The van der Waals surface area contributed by atoms with Crippen LogP contribution >= 0.6 is 44.5 Å². The Hall–Kier alpha value is -0.530. The van der Waals surface area contributed by atoms with E-state index in [2.05, 4.69) is 49.8 Å². The highest BCUT2D eigenvalue weighted by atomic mass is 79.9. The van der Waals surface area contributed by atoms with E-state index in [0.717, 1.165) is 0 Å². The molecule has 0 spiro atoms. The number of thiol groups is 1. The van der Waals surface area contributed by atoms with E-state index in [1.807, 2.05) is 0 Å². The second-order valence-corrected chi connectivity index (χ2v) is 4.70. The lowest BCUT2D eigenvalue weighted by molar-refractivity contribution is -0.147. The van der Waals surface area contributed by atoms with Gasteiger partial charge >= 0.3 is 11.9 Å². The molecule has 2 N–H and O–H groups in total. The first-order chi connectivity index (χ1) is 6.91. The van der Waals surface area contributed by atoms with E-state index in [9.17, 15) is 9.59 Å². The zero-order valence-electron chi connectivity index (χ0n) is 7.12. The summed E-state index contributed by atoms with van der Waals surface area (Å²) in [5, 5.41) is 10.6. The van der Waals surface area contributed by atoms with Gasteiger partial charge in [0.2, 0.25) is 0 Å². The maximum atomic E-state index is 10.9. The van der Waals surface area contributed by atoms with Crippen LogP contribution in [0.5, 0.6) is 0 Å². The Balaban J connectivity index is 2.98. The van der Waals surface area contributed by atoms with Gasteiger partial charge in [0.05, 0.1) is 0 Å². The summed E-state index contributed by atoms with van der Waals surface area (Å²) in [7, 11) is 0. The molecule has 0 fully saturated rings. The van der Waals surface area contributed by atoms with Crippen molar-refractivity contribution in [2.75, 3.05) is 5.32 Å². The average molecular weight is 355 g/mol. The fourth-order valence-corrected chi connectivity index (χ4v) is 2.14. The molecule has 15 heavy (non-hydrogen) atoms. The van der Waals surface area contributed by atoms with Crippen LogP contribution in [0.4, 0.5) is 5.69 Å². The van der Waals surface area contributed by atoms with Crippen LogP contribution in [-0.2, 0) is 9.59 Å². The smallest absolute Gasteiger partial charge is 0.394 e. The fraction of sp³-hybridized carbons (Fsp3) is 0. The highest BCUT2D eigenvalue weighted by molar-refractivity contribution is 9.11.